The third-order valence-electron chi connectivity index (χ3n) is 2.45. The van der Waals surface area contributed by atoms with Crippen molar-refractivity contribution in [2.75, 3.05) is 12.9 Å². The van der Waals surface area contributed by atoms with Gasteiger partial charge < -0.3 is 4.74 Å². The third kappa shape index (κ3) is 5.82. The van der Waals surface area contributed by atoms with Crippen LogP contribution in [0.1, 0.15) is 25.7 Å². The average Bonchev–Trinajstić information content (AvgIpc) is 2.42. The predicted octanol–water partition coefficient (Wildman–Crippen LogP) is 3.64. The van der Waals surface area contributed by atoms with Gasteiger partial charge in [-0.25, -0.2) is 0 Å². The summed E-state index contributed by atoms with van der Waals surface area (Å²) in [7, 11) is 1.65. The van der Waals surface area contributed by atoms with Crippen LogP contribution in [0, 0.1) is 4.91 Å². The molecule has 0 saturated carbocycles. The van der Waals surface area contributed by atoms with E-state index >= 15 is 0 Å². The quantitative estimate of drug-likeness (QED) is 0.410. The minimum atomic E-state index is -0.546. The summed E-state index contributed by atoms with van der Waals surface area (Å²) < 4.78 is 5.15. The van der Waals surface area contributed by atoms with Crippen LogP contribution in [-0.4, -0.2) is 18.8 Å². The molecule has 0 aliphatic carbocycles. The Hall–Kier alpha value is -1.36. The summed E-state index contributed by atoms with van der Waals surface area (Å²) in [5.41, 5.74) is 0. The number of hydrogen-bond acceptors (Lipinski definition) is 4. The van der Waals surface area contributed by atoms with Crippen LogP contribution in [-0.2, 0) is 4.79 Å². The van der Waals surface area contributed by atoms with Crippen molar-refractivity contribution in [1.82, 2.24) is 0 Å². The molecule has 5 heteroatoms. The van der Waals surface area contributed by atoms with E-state index in [-0.39, 0.29) is 6.42 Å². The van der Waals surface area contributed by atoms with E-state index in [9.17, 15) is 9.70 Å². The number of rotatable bonds is 8. The van der Waals surface area contributed by atoms with E-state index in [2.05, 4.69) is 5.18 Å². The largest absolute Gasteiger partial charge is 0.497 e. The second-order valence-corrected chi connectivity index (χ2v) is 4.99. The molecular formula is C13H17NO3S. The molecule has 0 unspecified atom stereocenters. The van der Waals surface area contributed by atoms with Gasteiger partial charge in [-0.1, -0.05) is 12.5 Å². The molecule has 1 rings (SSSR count). The van der Waals surface area contributed by atoms with E-state index in [0.717, 1.165) is 30.8 Å². The van der Waals surface area contributed by atoms with Crippen LogP contribution in [0.15, 0.2) is 34.3 Å². The molecule has 0 fully saturated rings. The molecule has 0 saturated heterocycles. The van der Waals surface area contributed by atoms with E-state index in [4.69, 9.17) is 4.74 Å². The average molecular weight is 267 g/mol. The molecule has 0 bridgehead atoms. The minimum Gasteiger partial charge on any atom is -0.497 e. The Balaban J connectivity index is 2.13. The van der Waals surface area contributed by atoms with Gasteiger partial charge in [-0.2, -0.15) is 0 Å². The molecule has 98 valence electrons. The predicted molar refractivity (Wildman–Crippen MR) is 73.0 cm³/mol. The van der Waals surface area contributed by atoms with Crippen molar-refractivity contribution in [2.45, 2.75) is 30.6 Å². The number of benzene rings is 1. The Labute approximate surface area is 111 Å². The number of amides is 1. The van der Waals surface area contributed by atoms with Gasteiger partial charge in [0.15, 0.2) is 0 Å². The molecule has 0 N–H and O–H groups in total. The first-order valence-electron chi connectivity index (χ1n) is 5.89. The number of methoxy groups -OCH3 is 1. The normalized spacial score (nSPS) is 10.1. The maximum Gasteiger partial charge on any atom is 0.286 e. The summed E-state index contributed by atoms with van der Waals surface area (Å²) >= 11 is 1.76. The van der Waals surface area contributed by atoms with Gasteiger partial charge in [0.2, 0.25) is 0 Å². The van der Waals surface area contributed by atoms with E-state index in [1.807, 2.05) is 24.3 Å². The van der Waals surface area contributed by atoms with Crippen LogP contribution in [0.4, 0.5) is 0 Å². The highest BCUT2D eigenvalue weighted by Crippen LogP contribution is 2.23. The topological polar surface area (TPSA) is 55.7 Å². The molecule has 1 amide bonds. The number of nitrogens with zero attached hydrogens (tertiary/aromatic N) is 1. The highest BCUT2D eigenvalue weighted by Gasteiger charge is 2.00. The molecule has 0 heterocycles. The molecule has 0 spiro atoms. The summed E-state index contributed by atoms with van der Waals surface area (Å²) in [6, 6.07) is 7.94. The van der Waals surface area contributed by atoms with Gasteiger partial charge in [-0.15, -0.1) is 16.7 Å². The molecular weight excluding hydrogens is 250 g/mol. The minimum absolute atomic E-state index is 0.271. The fourth-order valence-electron chi connectivity index (χ4n) is 1.48. The van der Waals surface area contributed by atoms with Crippen molar-refractivity contribution in [3.8, 4) is 5.75 Å². The zero-order valence-electron chi connectivity index (χ0n) is 10.4. The lowest BCUT2D eigenvalue weighted by atomic mass is 10.2. The first-order chi connectivity index (χ1) is 8.76. The fraction of sp³-hybridized carbons (Fsp3) is 0.462. The molecule has 0 aromatic heterocycles. The summed E-state index contributed by atoms with van der Waals surface area (Å²) in [6.07, 6.45) is 2.98. The molecule has 1 aromatic carbocycles. The zero-order chi connectivity index (χ0) is 13.2. The number of carbonyl (C=O) groups excluding carboxylic acids is 1. The van der Waals surface area contributed by atoms with Gasteiger partial charge in [0.25, 0.3) is 5.91 Å². The van der Waals surface area contributed by atoms with Crippen LogP contribution < -0.4 is 4.74 Å². The van der Waals surface area contributed by atoms with Crippen LogP contribution in [0.5, 0.6) is 5.75 Å². The summed E-state index contributed by atoms with van der Waals surface area (Å²) in [5.74, 6) is 1.31. The smallest absolute Gasteiger partial charge is 0.286 e. The fourth-order valence-corrected chi connectivity index (χ4v) is 2.44. The van der Waals surface area contributed by atoms with Gasteiger partial charge in [0, 0.05) is 16.5 Å². The van der Waals surface area contributed by atoms with E-state index in [1.165, 1.54) is 4.90 Å². The maximum atomic E-state index is 10.6. The number of carbonyl (C=O) groups is 1. The molecule has 4 nitrogen and oxygen atoms in total. The lowest BCUT2D eigenvalue weighted by molar-refractivity contribution is -0.118. The SMILES string of the molecule is COc1cccc(SCCCCCC(=O)N=O)c1. The van der Waals surface area contributed by atoms with E-state index in [1.54, 1.807) is 18.9 Å². The third-order valence-corrected chi connectivity index (χ3v) is 3.53. The van der Waals surface area contributed by atoms with Crippen molar-refractivity contribution in [1.29, 1.82) is 0 Å². The van der Waals surface area contributed by atoms with Crippen LogP contribution in [0.2, 0.25) is 0 Å². The zero-order valence-corrected chi connectivity index (χ0v) is 11.2. The molecule has 0 atom stereocenters. The molecule has 1 aromatic rings. The van der Waals surface area contributed by atoms with Gasteiger partial charge in [-0.3, -0.25) is 4.79 Å². The molecule has 0 radical (unpaired) electrons. The number of hydrogen-bond donors (Lipinski definition) is 0. The number of ether oxygens (including phenoxy) is 1. The van der Waals surface area contributed by atoms with Crippen molar-refractivity contribution in [3.05, 3.63) is 29.2 Å². The van der Waals surface area contributed by atoms with Crippen molar-refractivity contribution >= 4 is 17.7 Å². The Morgan fingerprint density at radius 1 is 1.33 bits per heavy atom. The summed E-state index contributed by atoms with van der Waals surface area (Å²) in [5, 5.41) is 2.36. The van der Waals surface area contributed by atoms with E-state index < -0.39 is 5.91 Å². The van der Waals surface area contributed by atoms with E-state index in [0.29, 0.717) is 0 Å². The highest BCUT2D eigenvalue weighted by molar-refractivity contribution is 7.99. The molecule has 0 aliphatic heterocycles. The maximum absolute atomic E-state index is 10.6. The standard InChI is InChI=1S/C13H17NO3S/c1-17-11-6-5-7-12(10-11)18-9-4-2-3-8-13(15)14-16/h5-7,10H,2-4,8-9H2,1H3. The summed E-state index contributed by atoms with van der Waals surface area (Å²) in [4.78, 5) is 21.7. The van der Waals surface area contributed by atoms with Gasteiger partial charge >= 0.3 is 0 Å². The van der Waals surface area contributed by atoms with Gasteiger partial charge in [0.05, 0.1) is 7.11 Å². The molecule has 18 heavy (non-hydrogen) atoms. The van der Waals surface area contributed by atoms with Crippen LogP contribution in [0.25, 0.3) is 0 Å². The lowest BCUT2D eigenvalue weighted by Crippen LogP contribution is -1.91. The van der Waals surface area contributed by atoms with Crippen LogP contribution >= 0.6 is 11.8 Å². The monoisotopic (exact) mass is 267 g/mol. The summed E-state index contributed by atoms with van der Waals surface area (Å²) in [6.45, 7) is 0. The van der Waals surface area contributed by atoms with Crippen molar-refractivity contribution in [3.63, 3.8) is 0 Å². The second-order valence-electron chi connectivity index (χ2n) is 3.82. The van der Waals surface area contributed by atoms with Gasteiger partial charge in [0.1, 0.15) is 5.75 Å². The Morgan fingerprint density at radius 3 is 2.89 bits per heavy atom. The Kier molecular flexibility index (Phi) is 7.10. The first-order valence-corrected chi connectivity index (χ1v) is 6.88. The molecule has 0 aliphatic rings. The highest BCUT2D eigenvalue weighted by atomic mass is 32.2. The Morgan fingerprint density at radius 2 is 2.17 bits per heavy atom. The number of nitroso groups, excluding NO2 is 1. The second kappa shape index (κ2) is 8.69. The number of thioether (sulfide) groups is 1. The lowest BCUT2D eigenvalue weighted by Gasteiger charge is -2.04. The Bertz CT molecular complexity index is 396. The van der Waals surface area contributed by atoms with Crippen molar-refractivity contribution in [2.24, 2.45) is 5.18 Å². The number of unbranched alkanes of at least 4 members (excludes halogenated alkanes) is 2. The van der Waals surface area contributed by atoms with Gasteiger partial charge in [-0.05, 0) is 36.8 Å². The van der Waals surface area contributed by atoms with Crippen molar-refractivity contribution < 1.29 is 9.53 Å². The first kappa shape index (κ1) is 14.7. The van der Waals surface area contributed by atoms with Crippen LogP contribution in [0.3, 0.4) is 0 Å².